The van der Waals surface area contributed by atoms with Crippen molar-refractivity contribution < 1.29 is 18.6 Å². The molecule has 0 aromatic heterocycles. The smallest absolute Gasteiger partial charge is 0.349 e. The number of ether oxygens (including phenoxy) is 1. The molecule has 62 valence electrons. The Hall–Kier alpha value is 0.0700. The molecule has 1 atom stereocenters. The molecule has 0 radical (unpaired) electrons. The van der Waals surface area contributed by atoms with E-state index in [-0.39, 0.29) is 6.61 Å². The minimum absolute atomic E-state index is 0.282. The van der Waals surface area contributed by atoms with Gasteiger partial charge < -0.3 is 9.84 Å². The van der Waals surface area contributed by atoms with E-state index in [1.807, 2.05) is 0 Å². The second kappa shape index (κ2) is 4.05. The summed E-state index contributed by atoms with van der Waals surface area (Å²) in [6.45, 7) is 1.48. The van der Waals surface area contributed by atoms with Gasteiger partial charge in [0.05, 0.1) is 6.61 Å². The zero-order valence-electron chi connectivity index (χ0n) is 5.48. The molecule has 0 heterocycles. The van der Waals surface area contributed by atoms with Crippen LogP contribution in [0.4, 0.5) is 8.78 Å². The lowest BCUT2D eigenvalue weighted by Gasteiger charge is -2.14. The van der Waals surface area contributed by atoms with Crippen LogP contribution in [0.1, 0.15) is 6.92 Å². The number of rotatable bonds is 4. The fraction of sp³-hybridized carbons (Fsp3) is 1.00. The second-order valence-corrected chi connectivity index (χ2v) is 2.22. The van der Waals surface area contributed by atoms with Gasteiger partial charge in [-0.15, -0.1) is 0 Å². The molecular formula is C5H9ClF2O2. The lowest BCUT2D eigenvalue weighted by molar-refractivity contribution is -0.0791. The number of aliphatic hydroxyl groups excluding tert-OH is 1. The van der Waals surface area contributed by atoms with E-state index in [2.05, 4.69) is 16.3 Å². The highest BCUT2D eigenvalue weighted by Crippen LogP contribution is 2.23. The van der Waals surface area contributed by atoms with Crippen LogP contribution in [0.2, 0.25) is 0 Å². The fourth-order valence-corrected chi connectivity index (χ4v) is 0.387. The minimum atomic E-state index is -3.59. The van der Waals surface area contributed by atoms with E-state index in [4.69, 9.17) is 5.11 Å². The Balaban J connectivity index is 3.52. The molecule has 5 heteroatoms. The SMILES string of the molecule is CCOCC(O)C(F)(F)Cl. The number of halogens is 3. The molecule has 0 aliphatic carbocycles. The molecule has 0 rings (SSSR count). The van der Waals surface area contributed by atoms with Gasteiger partial charge >= 0.3 is 5.38 Å². The maximum atomic E-state index is 11.9. The van der Waals surface area contributed by atoms with Gasteiger partial charge in [-0.1, -0.05) is 0 Å². The van der Waals surface area contributed by atoms with Crippen LogP contribution in [-0.2, 0) is 4.74 Å². The summed E-state index contributed by atoms with van der Waals surface area (Å²) in [4.78, 5) is 0. The second-order valence-electron chi connectivity index (χ2n) is 1.72. The highest BCUT2D eigenvalue weighted by molar-refractivity contribution is 6.22. The third kappa shape index (κ3) is 3.98. The molecule has 0 aliphatic heterocycles. The van der Waals surface area contributed by atoms with Crippen LogP contribution in [0.15, 0.2) is 0 Å². The van der Waals surface area contributed by atoms with E-state index in [0.29, 0.717) is 0 Å². The Morgan fingerprint density at radius 2 is 2.20 bits per heavy atom. The van der Waals surface area contributed by atoms with E-state index >= 15 is 0 Å². The third-order valence-electron chi connectivity index (χ3n) is 0.858. The summed E-state index contributed by atoms with van der Waals surface area (Å²) in [5.41, 5.74) is 0. The maximum absolute atomic E-state index is 11.9. The number of hydrogen-bond donors (Lipinski definition) is 1. The van der Waals surface area contributed by atoms with Crippen LogP contribution in [0.25, 0.3) is 0 Å². The summed E-state index contributed by atoms with van der Waals surface area (Å²) >= 11 is 4.46. The molecule has 0 aromatic carbocycles. The molecule has 0 fully saturated rings. The summed E-state index contributed by atoms with van der Waals surface area (Å²) in [5.74, 6) is 0. The van der Waals surface area contributed by atoms with Gasteiger partial charge in [-0.3, -0.25) is 0 Å². The summed E-state index contributed by atoms with van der Waals surface area (Å²) < 4.78 is 28.3. The van der Waals surface area contributed by atoms with Crippen LogP contribution >= 0.6 is 11.6 Å². The number of alkyl halides is 3. The molecule has 2 nitrogen and oxygen atoms in total. The highest BCUT2D eigenvalue weighted by atomic mass is 35.5. The molecule has 0 aromatic rings. The molecule has 0 aliphatic rings. The standard InChI is InChI=1S/C5H9ClF2O2/c1-2-10-3-4(9)5(6,7)8/h4,9H,2-3H2,1H3. The van der Waals surface area contributed by atoms with E-state index in [1.54, 1.807) is 6.92 Å². The Bertz CT molecular complexity index is 94.1. The number of hydrogen-bond acceptors (Lipinski definition) is 2. The average molecular weight is 175 g/mol. The summed E-state index contributed by atoms with van der Waals surface area (Å²) in [5, 5.41) is 4.92. The van der Waals surface area contributed by atoms with Crippen molar-refractivity contribution in [2.45, 2.75) is 18.4 Å². The average Bonchev–Trinajstić information content (AvgIpc) is 1.80. The monoisotopic (exact) mass is 174 g/mol. The molecular weight excluding hydrogens is 166 g/mol. The quantitative estimate of drug-likeness (QED) is 0.650. The predicted octanol–water partition coefficient (Wildman–Crippen LogP) is 1.22. The Morgan fingerprint density at radius 3 is 2.50 bits per heavy atom. The largest absolute Gasteiger partial charge is 0.383 e. The lowest BCUT2D eigenvalue weighted by Crippen LogP contribution is -2.31. The summed E-state index contributed by atoms with van der Waals surface area (Å²) in [6, 6.07) is 0. The van der Waals surface area contributed by atoms with Gasteiger partial charge in [-0.25, -0.2) is 0 Å². The van der Waals surface area contributed by atoms with Gasteiger partial charge in [-0.2, -0.15) is 8.78 Å². The van der Waals surface area contributed by atoms with Crippen molar-refractivity contribution in [3.8, 4) is 0 Å². The predicted molar refractivity (Wildman–Crippen MR) is 33.3 cm³/mol. The van der Waals surface area contributed by atoms with Crippen LogP contribution in [-0.4, -0.2) is 29.8 Å². The zero-order valence-corrected chi connectivity index (χ0v) is 6.24. The molecule has 0 saturated carbocycles. The molecule has 0 saturated heterocycles. The van der Waals surface area contributed by atoms with Crippen molar-refractivity contribution in [3.63, 3.8) is 0 Å². The topological polar surface area (TPSA) is 29.5 Å². The van der Waals surface area contributed by atoms with Gasteiger partial charge in [0, 0.05) is 6.61 Å². The van der Waals surface area contributed by atoms with Crippen molar-refractivity contribution in [3.05, 3.63) is 0 Å². The van der Waals surface area contributed by atoms with E-state index < -0.39 is 18.1 Å². The molecule has 0 bridgehead atoms. The van der Waals surface area contributed by atoms with Crippen molar-refractivity contribution in [1.29, 1.82) is 0 Å². The van der Waals surface area contributed by atoms with Gasteiger partial charge in [0.2, 0.25) is 0 Å². The fourth-order valence-electron chi connectivity index (χ4n) is 0.324. The first-order chi connectivity index (χ1) is 4.48. The van der Waals surface area contributed by atoms with Gasteiger partial charge in [0.15, 0.2) is 6.10 Å². The summed E-state index contributed by atoms with van der Waals surface area (Å²) in [6.07, 6.45) is -1.92. The van der Waals surface area contributed by atoms with Crippen molar-refractivity contribution in [2.75, 3.05) is 13.2 Å². The van der Waals surface area contributed by atoms with Gasteiger partial charge in [-0.05, 0) is 18.5 Å². The normalized spacial score (nSPS) is 15.3. The van der Waals surface area contributed by atoms with Crippen LogP contribution in [0.3, 0.4) is 0 Å². The molecule has 10 heavy (non-hydrogen) atoms. The van der Waals surface area contributed by atoms with Gasteiger partial charge in [0.25, 0.3) is 0 Å². The van der Waals surface area contributed by atoms with Crippen LogP contribution < -0.4 is 0 Å². The van der Waals surface area contributed by atoms with Crippen LogP contribution in [0.5, 0.6) is 0 Å². The minimum Gasteiger partial charge on any atom is -0.383 e. The third-order valence-corrected chi connectivity index (χ3v) is 1.11. The van der Waals surface area contributed by atoms with Crippen LogP contribution in [0, 0.1) is 0 Å². The summed E-state index contributed by atoms with van der Waals surface area (Å²) in [7, 11) is 0. The van der Waals surface area contributed by atoms with E-state index in [1.165, 1.54) is 0 Å². The molecule has 1 unspecified atom stereocenters. The van der Waals surface area contributed by atoms with E-state index in [0.717, 1.165) is 0 Å². The molecule has 0 amide bonds. The first-order valence-electron chi connectivity index (χ1n) is 2.81. The molecule has 0 spiro atoms. The molecule has 1 N–H and O–H groups in total. The number of aliphatic hydroxyl groups is 1. The van der Waals surface area contributed by atoms with Crippen molar-refractivity contribution in [2.24, 2.45) is 0 Å². The van der Waals surface area contributed by atoms with Crippen molar-refractivity contribution >= 4 is 11.6 Å². The first kappa shape index (κ1) is 10.1. The lowest BCUT2D eigenvalue weighted by atomic mass is 10.4. The maximum Gasteiger partial charge on any atom is 0.349 e. The Kier molecular flexibility index (Phi) is 4.08. The highest BCUT2D eigenvalue weighted by Gasteiger charge is 2.35. The first-order valence-corrected chi connectivity index (χ1v) is 3.18. The van der Waals surface area contributed by atoms with Gasteiger partial charge in [0.1, 0.15) is 0 Å². The van der Waals surface area contributed by atoms with Crippen molar-refractivity contribution in [1.82, 2.24) is 0 Å². The zero-order chi connectivity index (χ0) is 8.20. The van der Waals surface area contributed by atoms with E-state index in [9.17, 15) is 8.78 Å². The Labute approximate surface area is 62.7 Å². The Morgan fingerprint density at radius 1 is 1.70 bits per heavy atom.